The van der Waals surface area contributed by atoms with Gasteiger partial charge in [0.15, 0.2) is 0 Å². The summed E-state index contributed by atoms with van der Waals surface area (Å²) >= 11 is 1.66. The average Bonchev–Trinajstić information content (AvgIpc) is 2.42. The SMILES string of the molecule is Cc1cc(C)c(C(O)C(C)CN)s1. The molecule has 0 aliphatic heterocycles. The highest BCUT2D eigenvalue weighted by molar-refractivity contribution is 7.12. The van der Waals surface area contributed by atoms with Gasteiger partial charge in [-0.05, 0) is 37.9 Å². The summed E-state index contributed by atoms with van der Waals surface area (Å²) in [5.41, 5.74) is 6.69. The molecule has 0 amide bonds. The van der Waals surface area contributed by atoms with Gasteiger partial charge >= 0.3 is 0 Å². The van der Waals surface area contributed by atoms with Crippen molar-refractivity contribution in [3.05, 3.63) is 21.4 Å². The topological polar surface area (TPSA) is 46.2 Å². The third kappa shape index (κ3) is 2.30. The van der Waals surface area contributed by atoms with Gasteiger partial charge in [-0.1, -0.05) is 6.92 Å². The van der Waals surface area contributed by atoms with Crippen LogP contribution in [0.5, 0.6) is 0 Å². The normalized spacial score (nSPS) is 15.8. The van der Waals surface area contributed by atoms with Gasteiger partial charge in [0.2, 0.25) is 0 Å². The van der Waals surface area contributed by atoms with Gasteiger partial charge in [0, 0.05) is 9.75 Å². The number of aryl methyl sites for hydroxylation is 2. The Bertz CT molecular complexity index is 282. The van der Waals surface area contributed by atoms with Crippen LogP contribution in [0.2, 0.25) is 0 Å². The van der Waals surface area contributed by atoms with E-state index in [0.717, 1.165) is 4.88 Å². The molecule has 13 heavy (non-hydrogen) atoms. The molecule has 0 aromatic carbocycles. The van der Waals surface area contributed by atoms with E-state index < -0.39 is 6.10 Å². The Morgan fingerprint density at radius 1 is 1.54 bits per heavy atom. The summed E-state index contributed by atoms with van der Waals surface area (Å²) in [6.45, 7) is 6.59. The molecule has 2 nitrogen and oxygen atoms in total. The smallest absolute Gasteiger partial charge is 0.0922 e. The fourth-order valence-electron chi connectivity index (χ4n) is 1.34. The van der Waals surface area contributed by atoms with Crippen LogP contribution in [0.4, 0.5) is 0 Å². The standard InChI is InChI=1S/C10H17NOS/c1-6-4-8(3)13-10(6)9(12)7(2)5-11/h4,7,9,12H,5,11H2,1-3H3. The lowest BCUT2D eigenvalue weighted by Gasteiger charge is -2.16. The Balaban J connectivity index is 2.87. The van der Waals surface area contributed by atoms with Crippen molar-refractivity contribution in [2.24, 2.45) is 11.7 Å². The zero-order chi connectivity index (χ0) is 10.0. The van der Waals surface area contributed by atoms with Crippen LogP contribution in [0.1, 0.15) is 28.3 Å². The lowest BCUT2D eigenvalue weighted by Crippen LogP contribution is -2.18. The van der Waals surface area contributed by atoms with Crippen LogP contribution < -0.4 is 5.73 Å². The second-order valence-corrected chi connectivity index (χ2v) is 4.85. The maximum atomic E-state index is 9.91. The molecule has 2 atom stereocenters. The summed E-state index contributed by atoms with van der Waals surface area (Å²) < 4.78 is 0. The molecule has 74 valence electrons. The summed E-state index contributed by atoms with van der Waals surface area (Å²) in [6.07, 6.45) is -0.399. The Hall–Kier alpha value is -0.380. The van der Waals surface area contributed by atoms with Crippen LogP contribution >= 0.6 is 11.3 Å². The molecule has 1 heterocycles. The molecule has 0 spiro atoms. The number of hydrogen-bond donors (Lipinski definition) is 2. The van der Waals surface area contributed by atoms with Crippen LogP contribution in [0, 0.1) is 19.8 Å². The fraction of sp³-hybridized carbons (Fsp3) is 0.600. The summed E-state index contributed by atoms with van der Waals surface area (Å²) in [5, 5.41) is 9.91. The lowest BCUT2D eigenvalue weighted by atomic mass is 10.0. The number of thiophene rings is 1. The largest absolute Gasteiger partial charge is 0.387 e. The molecule has 0 saturated heterocycles. The van der Waals surface area contributed by atoms with Gasteiger partial charge in [-0.3, -0.25) is 0 Å². The molecule has 0 radical (unpaired) electrons. The molecule has 3 heteroatoms. The van der Waals surface area contributed by atoms with E-state index in [2.05, 4.69) is 13.0 Å². The highest BCUT2D eigenvalue weighted by atomic mass is 32.1. The molecule has 1 aromatic heterocycles. The summed E-state index contributed by atoms with van der Waals surface area (Å²) in [5.74, 6) is 0.136. The van der Waals surface area contributed by atoms with Crippen LogP contribution in [0.3, 0.4) is 0 Å². The predicted octanol–water partition coefficient (Wildman–Crippen LogP) is 1.99. The average molecular weight is 199 g/mol. The van der Waals surface area contributed by atoms with Crippen LogP contribution in [-0.4, -0.2) is 11.7 Å². The van der Waals surface area contributed by atoms with Gasteiger partial charge in [-0.2, -0.15) is 0 Å². The van der Waals surface area contributed by atoms with E-state index in [0.29, 0.717) is 6.54 Å². The van der Waals surface area contributed by atoms with Crippen molar-refractivity contribution in [2.45, 2.75) is 26.9 Å². The van der Waals surface area contributed by atoms with Crippen molar-refractivity contribution >= 4 is 11.3 Å². The van der Waals surface area contributed by atoms with E-state index in [1.165, 1.54) is 10.4 Å². The fourth-order valence-corrected chi connectivity index (χ4v) is 2.50. The molecule has 0 bridgehead atoms. The molecule has 1 rings (SSSR count). The molecule has 0 aliphatic carbocycles. The first kappa shape index (κ1) is 10.7. The van der Waals surface area contributed by atoms with Gasteiger partial charge in [-0.15, -0.1) is 11.3 Å². The highest BCUT2D eigenvalue weighted by Crippen LogP contribution is 2.31. The minimum Gasteiger partial charge on any atom is -0.387 e. The number of aliphatic hydroxyl groups is 1. The summed E-state index contributed by atoms with van der Waals surface area (Å²) in [7, 11) is 0. The maximum absolute atomic E-state index is 9.91. The number of aliphatic hydroxyl groups excluding tert-OH is 1. The molecule has 2 unspecified atom stereocenters. The molecular formula is C10H17NOS. The lowest BCUT2D eigenvalue weighted by molar-refractivity contribution is 0.124. The van der Waals surface area contributed by atoms with E-state index in [1.54, 1.807) is 11.3 Å². The van der Waals surface area contributed by atoms with Crippen molar-refractivity contribution in [1.29, 1.82) is 0 Å². The second kappa shape index (κ2) is 4.22. The Kier molecular flexibility index (Phi) is 3.47. The Labute approximate surface area is 83.4 Å². The van der Waals surface area contributed by atoms with Gasteiger partial charge in [0.05, 0.1) is 6.10 Å². The molecule has 0 fully saturated rings. The number of nitrogens with two attached hydrogens (primary N) is 1. The number of rotatable bonds is 3. The highest BCUT2D eigenvalue weighted by Gasteiger charge is 2.18. The zero-order valence-corrected chi connectivity index (χ0v) is 9.19. The quantitative estimate of drug-likeness (QED) is 0.782. The first-order chi connectivity index (χ1) is 6.06. The van der Waals surface area contributed by atoms with Crippen molar-refractivity contribution in [3.63, 3.8) is 0 Å². The molecule has 3 N–H and O–H groups in total. The summed E-state index contributed by atoms with van der Waals surface area (Å²) in [6, 6.07) is 2.10. The van der Waals surface area contributed by atoms with Crippen molar-refractivity contribution in [2.75, 3.05) is 6.54 Å². The minimum atomic E-state index is -0.399. The third-order valence-electron chi connectivity index (χ3n) is 2.26. The van der Waals surface area contributed by atoms with E-state index in [1.807, 2.05) is 13.8 Å². The van der Waals surface area contributed by atoms with Crippen molar-refractivity contribution in [1.82, 2.24) is 0 Å². The molecule has 0 saturated carbocycles. The molecule has 1 aromatic rings. The molecular weight excluding hydrogens is 182 g/mol. The third-order valence-corrected chi connectivity index (χ3v) is 3.48. The first-order valence-corrected chi connectivity index (χ1v) is 5.33. The minimum absolute atomic E-state index is 0.136. The Morgan fingerprint density at radius 2 is 2.15 bits per heavy atom. The van der Waals surface area contributed by atoms with Gasteiger partial charge in [0.25, 0.3) is 0 Å². The maximum Gasteiger partial charge on any atom is 0.0922 e. The van der Waals surface area contributed by atoms with E-state index in [4.69, 9.17) is 5.73 Å². The van der Waals surface area contributed by atoms with Gasteiger partial charge in [0.1, 0.15) is 0 Å². The van der Waals surface area contributed by atoms with Crippen LogP contribution in [0.15, 0.2) is 6.07 Å². The molecule has 0 aliphatic rings. The zero-order valence-electron chi connectivity index (χ0n) is 8.37. The van der Waals surface area contributed by atoms with E-state index in [-0.39, 0.29) is 5.92 Å². The van der Waals surface area contributed by atoms with Crippen LogP contribution in [-0.2, 0) is 0 Å². The summed E-state index contributed by atoms with van der Waals surface area (Å²) in [4.78, 5) is 2.31. The van der Waals surface area contributed by atoms with Gasteiger partial charge in [-0.25, -0.2) is 0 Å². The monoisotopic (exact) mass is 199 g/mol. The van der Waals surface area contributed by atoms with E-state index in [9.17, 15) is 5.11 Å². The van der Waals surface area contributed by atoms with Crippen molar-refractivity contribution < 1.29 is 5.11 Å². The van der Waals surface area contributed by atoms with Gasteiger partial charge < -0.3 is 10.8 Å². The van der Waals surface area contributed by atoms with Crippen LogP contribution in [0.25, 0.3) is 0 Å². The Morgan fingerprint density at radius 3 is 2.54 bits per heavy atom. The number of hydrogen-bond acceptors (Lipinski definition) is 3. The first-order valence-electron chi connectivity index (χ1n) is 4.51. The second-order valence-electron chi connectivity index (χ2n) is 3.56. The predicted molar refractivity (Wildman–Crippen MR) is 57.0 cm³/mol. The van der Waals surface area contributed by atoms with E-state index >= 15 is 0 Å². The van der Waals surface area contributed by atoms with Crippen molar-refractivity contribution in [3.8, 4) is 0 Å².